The minimum absolute atomic E-state index is 0.451. The van der Waals surface area contributed by atoms with Gasteiger partial charge in [-0.1, -0.05) is 29.3 Å². The normalized spacial score (nSPS) is 9.93. The van der Waals surface area contributed by atoms with Gasteiger partial charge in [-0.05, 0) is 24.3 Å². The van der Waals surface area contributed by atoms with E-state index in [4.69, 9.17) is 28.5 Å². The first-order chi connectivity index (χ1) is 7.24. The molecule has 0 N–H and O–H groups in total. The van der Waals surface area contributed by atoms with Crippen molar-refractivity contribution in [1.82, 2.24) is 4.57 Å². The molecule has 2 rings (SSSR count). The minimum atomic E-state index is 0.451. The molecule has 0 saturated heterocycles. The summed E-state index contributed by atoms with van der Waals surface area (Å²) in [5.74, 6) is 0. The monoisotopic (exact) mass is 236 g/mol. The van der Waals surface area contributed by atoms with Gasteiger partial charge in [0.1, 0.15) is 11.8 Å². The van der Waals surface area contributed by atoms with E-state index >= 15 is 0 Å². The predicted molar refractivity (Wildman–Crippen MR) is 60.5 cm³/mol. The Bertz CT molecular complexity index is 538. The second kappa shape index (κ2) is 3.98. The molecule has 0 aliphatic rings. The van der Waals surface area contributed by atoms with E-state index in [0.29, 0.717) is 21.4 Å². The maximum atomic E-state index is 8.88. The number of nitriles is 1. The highest BCUT2D eigenvalue weighted by Gasteiger charge is 2.08. The van der Waals surface area contributed by atoms with Crippen LogP contribution in [0.4, 0.5) is 0 Å². The summed E-state index contributed by atoms with van der Waals surface area (Å²) in [6, 6.07) is 10.9. The van der Waals surface area contributed by atoms with Gasteiger partial charge in [0.2, 0.25) is 0 Å². The van der Waals surface area contributed by atoms with Crippen LogP contribution >= 0.6 is 23.2 Å². The zero-order valence-corrected chi connectivity index (χ0v) is 9.13. The van der Waals surface area contributed by atoms with Gasteiger partial charge in [0.25, 0.3) is 0 Å². The summed E-state index contributed by atoms with van der Waals surface area (Å²) in [7, 11) is 0. The van der Waals surface area contributed by atoms with E-state index < -0.39 is 0 Å². The first-order valence-electron chi connectivity index (χ1n) is 4.26. The Morgan fingerprint density at radius 1 is 1.13 bits per heavy atom. The highest BCUT2D eigenvalue weighted by molar-refractivity contribution is 6.43. The lowest BCUT2D eigenvalue weighted by Gasteiger charge is -2.07. The SMILES string of the molecule is N#Cc1cccn1-c1cccc(Cl)c1Cl. The van der Waals surface area contributed by atoms with Crippen molar-refractivity contribution < 1.29 is 0 Å². The molecule has 0 amide bonds. The number of benzene rings is 1. The molecule has 4 heteroatoms. The fraction of sp³-hybridized carbons (Fsp3) is 0. The maximum absolute atomic E-state index is 8.88. The highest BCUT2D eigenvalue weighted by Crippen LogP contribution is 2.29. The number of aromatic nitrogens is 1. The number of halogens is 2. The van der Waals surface area contributed by atoms with Gasteiger partial charge in [-0.2, -0.15) is 5.26 Å². The van der Waals surface area contributed by atoms with Gasteiger partial charge in [-0.15, -0.1) is 0 Å². The van der Waals surface area contributed by atoms with E-state index in [2.05, 4.69) is 6.07 Å². The van der Waals surface area contributed by atoms with E-state index in [1.807, 2.05) is 6.07 Å². The molecule has 2 aromatic rings. The van der Waals surface area contributed by atoms with Gasteiger partial charge in [-0.25, -0.2) is 0 Å². The van der Waals surface area contributed by atoms with Gasteiger partial charge >= 0.3 is 0 Å². The molecular weight excluding hydrogens is 231 g/mol. The molecule has 1 heterocycles. The minimum Gasteiger partial charge on any atom is -0.307 e. The molecule has 0 radical (unpaired) electrons. The second-order valence-electron chi connectivity index (χ2n) is 2.95. The van der Waals surface area contributed by atoms with E-state index in [-0.39, 0.29) is 0 Å². The molecule has 2 nitrogen and oxygen atoms in total. The Morgan fingerprint density at radius 2 is 1.93 bits per heavy atom. The fourth-order valence-corrected chi connectivity index (χ4v) is 1.75. The molecule has 0 aliphatic heterocycles. The lowest BCUT2D eigenvalue weighted by atomic mass is 10.3. The van der Waals surface area contributed by atoms with Crippen molar-refractivity contribution in [2.24, 2.45) is 0 Å². The average molecular weight is 237 g/mol. The lowest BCUT2D eigenvalue weighted by Crippen LogP contribution is -1.96. The van der Waals surface area contributed by atoms with Crippen LogP contribution in [-0.2, 0) is 0 Å². The van der Waals surface area contributed by atoms with Crippen molar-refractivity contribution >= 4 is 23.2 Å². The summed E-state index contributed by atoms with van der Waals surface area (Å²) >= 11 is 11.9. The Balaban J connectivity index is 2.65. The predicted octanol–water partition coefficient (Wildman–Crippen LogP) is 3.66. The van der Waals surface area contributed by atoms with Crippen LogP contribution < -0.4 is 0 Å². The summed E-state index contributed by atoms with van der Waals surface area (Å²) in [4.78, 5) is 0. The van der Waals surface area contributed by atoms with Gasteiger partial charge in [0, 0.05) is 6.20 Å². The van der Waals surface area contributed by atoms with Gasteiger partial charge in [-0.3, -0.25) is 0 Å². The van der Waals surface area contributed by atoms with E-state index in [1.54, 1.807) is 35.0 Å². The molecule has 0 bridgehead atoms. The molecule has 15 heavy (non-hydrogen) atoms. The van der Waals surface area contributed by atoms with E-state index in [0.717, 1.165) is 0 Å². The van der Waals surface area contributed by atoms with Crippen molar-refractivity contribution in [1.29, 1.82) is 5.26 Å². The summed E-state index contributed by atoms with van der Waals surface area (Å²) in [6.45, 7) is 0. The van der Waals surface area contributed by atoms with E-state index in [1.165, 1.54) is 0 Å². The molecule has 0 atom stereocenters. The standard InChI is InChI=1S/C11H6Cl2N2/c12-9-4-1-5-10(11(9)13)15-6-2-3-8(15)7-14/h1-6H. The smallest absolute Gasteiger partial charge is 0.124 e. The molecule has 0 fully saturated rings. The Hall–Kier alpha value is -1.43. The zero-order chi connectivity index (χ0) is 10.8. The van der Waals surface area contributed by atoms with Gasteiger partial charge < -0.3 is 4.57 Å². The molecule has 0 aliphatic carbocycles. The first kappa shape index (κ1) is 10.1. The zero-order valence-electron chi connectivity index (χ0n) is 7.61. The maximum Gasteiger partial charge on any atom is 0.124 e. The number of hydrogen-bond donors (Lipinski definition) is 0. The molecule has 0 unspecified atom stereocenters. The molecule has 0 spiro atoms. The van der Waals surface area contributed by atoms with Crippen molar-refractivity contribution in [3.8, 4) is 11.8 Å². The quantitative estimate of drug-likeness (QED) is 0.743. The van der Waals surface area contributed by atoms with Crippen molar-refractivity contribution in [2.75, 3.05) is 0 Å². The summed E-state index contributed by atoms with van der Waals surface area (Å²) in [5, 5.41) is 9.81. The lowest BCUT2D eigenvalue weighted by molar-refractivity contribution is 1.05. The Kier molecular flexibility index (Phi) is 2.68. The second-order valence-corrected chi connectivity index (χ2v) is 3.73. The van der Waals surface area contributed by atoms with Crippen molar-refractivity contribution in [3.05, 3.63) is 52.3 Å². The first-order valence-corrected chi connectivity index (χ1v) is 5.01. The molecule has 0 saturated carbocycles. The molecular formula is C11H6Cl2N2. The fourth-order valence-electron chi connectivity index (χ4n) is 1.36. The third-order valence-corrected chi connectivity index (χ3v) is 2.86. The summed E-state index contributed by atoms with van der Waals surface area (Å²) in [6.07, 6.45) is 1.77. The topological polar surface area (TPSA) is 28.7 Å². The molecule has 74 valence electrons. The number of nitrogens with zero attached hydrogens (tertiary/aromatic N) is 2. The van der Waals surface area contributed by atoms with Crippen LogP contribution in [0.2, 0.25) is 10.0 Å². The van der Waals surface area contributed by atoms with Crippen LogP contribution in [0.1, 0.15) is 5.69 Å². The van der Waals surface area contributed by atoms with Crippen LogP contribution in [0.5, 0.6) is 0 Å². The van der Waals surface area contributed by atoms with Crippen molar-refractivity contribution in [3.63, 3.8) is 0 Å². The highest BCUT2D eigenvalue weighted by atomic mass is 35.5. The molecule has 1 aromatic heterocycles. The van der Waals surface area contributed by atoms with Crippen molar-refractivity contribution in [2.45, 2.75) is 0 Å². The van der Waals surface area contributed by atoms with Crippen LogP contribution in [0.25, 0.3) is 5.69 Å². The van der Waals surface area contributed by atoms with Crippen LogP contribution in [0, 0.1) is 11.3 Å². The Labute approximate surface area is 97.3 Å². The van der Waals surface area contributed by atoms with Crippen LogP contribution in [0.15, 0.2) is 36.5 Å². The molecule has 1 aromatic carbocycles. The largest absolute Gasteiger partial charge is 0.307 e. The van der Waals surface area contributed by atoms with Gasteiger partial charge in [0.15, 0.2) is 0 Å². The number of hydrogen-bond acceptors (Lipinski definition) is 1. The third kappa shape index (κ3) is 1.72. The Morgan fingerprint density at radius 3 is 2.67 bits per heavy atom. The van der Waals surface area contributed by atoms with Gasteiger partial charge in [0.05, 0.1) is 15.7 Å². The van der Waals surface area contributed by atoms with Crippen LogP contribution in [-0.4, -0.2) is 4.57 Å². The third-order valence-electron chi connectivity index (χ3n) is 2.05. The summed E-state index contributed by atoms with van der Waals surface area (Å²) < 4.78 is 1.70. The van der Waals surface area contributed by atoms with E-state index in [9.17, 15) is 0 Å². The average Bonchev–Trinajstić information content (AvgIpc) is 2.70. The summed E-state index contributed by atoms with van der Waals surface area (Å²) in [5.41, 5.74) is 1.24. The van der Waals surface area contributed by atoms with Crippen LogP contribution in [0.3, 0.4) is 0 Å². The number of rotatable bonds is 1.